The van der Waals surface area contributed by atoms with E-state index < -0.39 is 63.6 Å². The van der Waals surface area contributed by atoms with Gasteiger partial charge < -0.3 is 15.6 Å². The Bertz CT molecular complexity index is 1070. The van der Waals surface area contributed by atoms with E-state index in [0.29, 0.717) is 6.07 Å². The van der Waals surface area contributed by atoms with E-state index in [1.54, 1.807) is 0 Å². The van der Waals surface area contributed by atoms with E-state index in [4.69, 9.17) is 22.1 Å². The van der Waals surface area contributed by atoms with Gasteiger partial charge in [-0.1, -0.05) is 30.3 Å². The molecule has 11 heteroatoms. The zero-order valence-corrected chi connectivity index (χ0v) is 16.8. The molecule has 0 spiro atoms. The molecule has 2 aromatic rings. The SMILES string of the molecule is NC(=O)C1C2CC(O)C(c3ccccc3C(F)(F)F)(O2)C1(Cl)c1cccc(C(F)(F)F)c1. The highest BCUT2D eigenvalue weighted by Crippen LogP contribution is 2.67. The minimum Gasteiger partial charge on any atom is -0.390 e. The number of halogens is 7. The monoisotopic (exact) mass is 479 g/mol. The molecule has 2 aliphatic rings. The lowest BCUT2D eigenvalue weighted by molar-refractivity contribution is -0.143. The fourth-order valence-electron chi connectivity index (χ4n) is 4.96. The van der Waals surface area contributed by atoms with Gasteiger partial charge in [-0.25, -0.2) is 0 Å². The van der Waals surface area contributed by atoms with E-state index in [1.807, 2.05) is 0 Å². The topological polar surface area (TPSA) is 72.6 Å². The highest BCUT2D eigenvalue weighted by Gasteiger charge is 2.76. The van der Waals surface area contributed by atoms with Crippen LogP contribution in [-0.2, 0) is 32.4 Å². The van der Waals surface area contributed by atoms with E-state index in [2.05, 4.69) is 0 Å². The fourth-order valence-corrected chi connectivity index (χ4v) is 5.60. The Morgan fingerprint density at radius 2 is 1.72 bits per heavy atom. The van der Waals surface area contributed by atoms with Crippen LogP contribution in [0.2, 0.25) is 0 Å². The van der Waals surface area contributed by atoms with Crippen molar-refractivity contribution in [3.05, 3.63) is 70.8 Å². The summed E-state index contributed by atoms with van der Waals surface area (Å²) in [4.78, 5) is 10.0. The number of amides is 1. The molecule has 172 valence electrons. The maximum absolute atomic E-state index is 13.9. The minimum absolute atomic E-state index is 0.271. The lowest BCUT2D eigenvalue weighted by Crippen LogP contribution is -2.58. The predicted octanol–water partition coefficient (Wildman–Crippen LogP) is 4.32. The van der Waals surface area contributed by atoms with E-state index in [0.717, 1.165) is 36.4 Å². The molecule has 0 aromatic heterocycles. The molecule has 5 atom stereocenters. The second-order valence-electron chi connectivity index (χ2n) is 7.86. The number of rotatable bonds is 3. The second-order valence-corrected chi connectivity index (χ2v) is 8.45. The average Bonchev–Trinajstić information content (AvgIpc) is 3.17. The molecule has 2 heterocycles. The van der Waals surface area contributed by atoms with Gasteiger partial charge in [-0.2, -0.15) is 26.3 Å². The number of ether oxygens (including phenoxy) is 1. The van der Waals surface area contributed by atoms with Gasteiger partial charge in [-0.05, 0) is 23.8 Å². The van der Waals surface area contributed by atoms with Gasteiger partial charge in [0.25, 0.3) is 0 Å². The van der Waals surface area contributed by atoms with Gasteiger partial charge in [0.1, 0.15) is 10.5 Å². The molecule has 0 radical (unpaired) electrons. The smallest absolute Gasteiger partial charge is 0.390 e. The van der Waals surface area contributed by atoms with Crippen LogP contribution in [0.5, 0.6) is 0 Å². The number of alkyl halides is 7. The van der Waals surface area contributed by atoms with E-state index in [9.17, 15) is 36.2 Å². The molecule has 32 heavy (non-hydrogen) atoms. The lowest BCUT2D eigenvalue weighted by Gasteiger charge is -2.46. The van der Waals surface area contributed by atoms with E-state index >= 15 is 0 Å². The minimum atomic E-state index is -4.90. The molecule has 5 unspecified atom stereocenters. The largest absolute Gasteiger partial charge is 0.416 e. The third-order valence-electron chi connectivity index (χ3n) is 6.15. The lowest BCUT2D eigenvalue weighted by atomic mass is 9.63. The number of carbonyl (C=O) groups excluding carboxylic acids is 1. The number of carbonyl (C=O) groups is 1. The Morgan fingerprint density at radius 1 is 1.06 bits per heavy atom. The molecule has 2 aromatic carbocycles. The standard InChI is InChI=1S/C21H16ClF6NO3/c22-18(10-4-3-5-11(8-10)20(23,24)25)16(17(29)31)14-9-15(30)19(18,32-14)12-6-1-2-7-13(12)21(26,27)28/h1-8,14-16,30H,9H2,(H2,29,31). The molecule has 1 amide bonds. The fraction of sp³-hybridized carbons (Fsp3) is 0.381. The van der Waals surface area contributed by atoms with Crippen molar-refractivity contribution in [1.82, 2.24) is 0 Å². The summed E-state index contributed by atoms with van der Waals surface area (Å²) in [5.74, 6) is -2.57. The van der Waals surface area contributed by atoms with Crippen LogP contribution >= 0.6 is 11.6 Å². The molecule has 3 N–H and O–H groups in total. The van der Waals surface area contributed by atoms with Gasteiger partial charge >= 0.3 is 12.4 Å². The molecule has 2 fully saturated rings. The van der Waals surface area contributed by atoms with Crippen molar-refractivity contribution in [3.63, 3.8) is 0 Å². The van der Waals surface area contributed by atoms with Crippen molar-refractivity contribution in [2.45, 2.75) is 41.5 Å². The third kappa shape index (κ3) is 3.03. The Labute approximate surface area is 182 Å². The zero-order valence-electron chi connectivity index (χ0n) is 16.0. The number of primary amides is 1. The molecular weight excluding hydrogens is 464 g/mol. The molecule has 2 bridgehead atoms. The van der Waals surface area contributed by atoms with Crippen molar-refractivity contribution >= 4 is 17.5 Å². The Hall–Kier alpha value is -2.30. The van der Waals surface area contributed by atoms with Gasteiger partial charge in [0, 0.05) is 12.0 Å². The van der Waals surface area contributed by atoms with Gasteiger partial charge in [-0.3, -0.25) is 4.79 Å². The normalized spacial score (nSPS) is 32.3. The summed E-state index contributed by atoms with van der Waals surface area (Å²) in [6, 6.07) is 7.69. The first kappa shape index (κ1) is 22.9. The van der Waals surface area contributed by atoms with Crippen LogP contribution in [0.3, 0.4) is 0 Å². The number of hydrogen-bond donors (Lipinski definition) is 2. The predicted molar refractivity (Wildman–Crippen MR) is 100 cm³/mol. The van der Waals surface area contributed by atoms with Crippen LogP contribution < -0.4 is 5.73 Å². The summed E-state index contributed by atoms with van der Waals surface area (Å²) < 4.78 is 87.5. The van der Waals surface area contributed by atoms with Crippen LogP contribution in [0.1, 0.15) is 28.7 Å². The molecule has 4 rings (SSSR count). The molecule has 4 nitrogen and oxygen atoms in total. The quantitative estimate of drug-likeness (QED) is 0.509. The van der Waals surface area contributed by atoms with Crippen molar-refractivity contribution in [1.29, 1.82) is 0 Å². The summed E-state index contributed by atoms with van der Waals surface area (Å²) >= 11 is 6.86. The molecule has 0 saturated carbocycles. The Morgan fingerprint density at radius 3 is 2.31 bits per heavy atom. The molecular formula is C21H16ClF6NO3. The maximum atomic E-state index is 13.9. The second kappa shape index (κ2) is 7.10. The highest BCUT2D eigenvalue weighted by atomic mass is 35.5. The average molecular weight is 480 g/mol. The number of aliphatic hydroxyl groups is 1. The van der Waals surface area contributed by atoms with Gasteiger partial charge in [0.2, 0.25) is 5.91 Å². The first-order chi connectivity index (χ1) is 14.7. The van der Waals surface area contributed by atoms with Crippen LogP contribution in [0, 0.1) is 5.92 Å². The van der Waals surface area contributed by atoms with Gasteiger partial charge in [-0.15, -0.1) is 11.6 Å². The zero-order chi connectivity index (χ0) is 23.7. The molecule has 2 saturated heterocycles. The van der Waals surface area contributed by atoms with Gasteiger partial charge in [0.15, 0.2) is 0 Å². The number of benzene rings is 2. The van der Waals surface area contributed by atoms with Crippen LogP contribution in [-0.4, -0.2) is 23.2 Å². The van der Waals surface area contributed by atoms with Crippen molar-refractivity contribution in [2.24, 2.45) is 11.7 Å². The molecule has 0 aliphatic carbocycles. The van der Waals surface area contributed by atoms with E-state index in [1.165, 1.54) is 6.07 Å². The number of fused-ring (bicyclic) bond motifs is 2. The number of aliphatic hydroxyl groups excluding tert-OH is 1. The Balaban J connectivity index is 2.05. The van der Waals surface area contributed by atoms with Crippen LogP contribution in [0.4, 0.5) is 26.3 Å². The number of nitrogens with two attached hydrogens (primary N) is 1. The van der Waals surface area contributed by atoms with Gasteiger partial charge in [0.05, 0.1) is 29.3 Å². The summed E-state index contributed by atoms with van der Waals surface area (Å²) in [7, 11) is 0. The maximum Gasteiger partial charge on any atom is 0.416 e. The third-order valence-corrected chi connectivity index (χ3v) is 6.89. The highest BCUT2D eigenvalue weighted by molar-refractivity contribution is 6.27. The first-order valence-electron chi connectivity index (χ1n) is 9.43. The molecule has 2 aliphatic heterocycles. The van der Waals surface area contributed by atoms with Crippen molar-refractivity contribution < 1.29 is 41.0 Å². The van der Waals surface area contributed by atoms with Crippen molar-refractivity contribution in [3.8, 4) is 0 Å². The van der Waals surface area contributed by atoms with Crippen LogP contribution in [0.15, 0.2) is 48.5 Å². The summed E-state index contributed by atoms with van der Waals surface area (Å²) in [6.07, 6.45) is -12.8. The number of hydrogen-bond acceptors (Lipinski definition) is 3. The first-order valence-corrected chi connectivity index (χ1v) is 9.81. The van der Waals surface area contributed by atoms with Crippen molar-refractivity contribution in [2.75, 3.05) is 0 Å². The summed E-state index contributed by atoms with van der Waals surface area (Å²) in [5, 5.41) is 10.9. The van der Waals surface area contributed by atoms with E-state index in [-0.39, 0.29) is 12.0 Å². The van der Waals surface area contributed by atoms with Crippen LogP contribution in [0.25, 0.3) is 0 Å². The summed E-state index contributed by atoms with van der Waals surface area (Å²) in [6.45, 7) is 0. The summed E-state index contributed by atoms with van der Waals surface area (Å²) in [5.41, 5.74) is -0.126. The Kier molecular flexibility index (Phi) is 5.07.